The number of aromatic carboxylic acids is 1. The second-order valence-corrected chi connectivity index (χ2v) is 4.23. The van der Waals surface area contributed by atoms with Gasteiger partial charge in [-0.05, 0) is 32.0 Å². The highest BCUT2D eigenvalue weighted by Gasteiger charge is 2.20. The van der Waals surface area contributed by atoms with Crippen LogP contribution in [-0.2, 0) is 0 Å². The Morgan fingerprint density at radius 2 is 1.74 bits per heavy atom. The average molecular weight is 261 g/mol. The number of rotatable bonds is 3. The maximum absolute atomic E-state index is 11.3. The van der Waals surface area contributed by atoms with Crippen LogP contribution in [0.1, 0.15) is 21.7 Å². The van der Waals surface area contributed by atoms with Gasteiger partial charge in [0, 0.05) is 23.5 Å². The molecule has 0 saturated carbocycles. The van der Waals surface area contributed by atoms with Crippen LogP contribution in [0.3, 0.4) is 0 Å². The smallest absolute Gasteiger partial charge is 0.337 e. The molecule has 1 aromatic carbocycles. The minimum Gasteiger partial charge on any atom is -0.478 e. The lowest BCUT2D eigenvalue weighted by molar-refractivity contribution is -0.729. The number of hydrogen-bond donors (Lipinski definition) is 2. The van der Waals surface area contributed by atoms with Crippen molar-refractivity contribution in [3.63, 3.8) is 0 Å². The van der Waals surface area contributed by atoms with E-state index in [2.05, 4.69) is 0 Å². The van der Waals surface area contributed by atoms with Crippen LogP contribution >= 0.6 is 0 Å². The highest BCUT2D eigenvalue weighted by molar-refractivity contribution is 5.92. The largest absolute Gasteiger partial charge is 0.478 e. The molecular formula is C13H13N2O4+. The molecule has 0 bridgehead atoms. The lowest BCUT2D eigenvalue weighted by Gasteiger charge is -2.11. The van der Waals surface area contributed by atoms with Crippen molar-refractivity contribution in [2.45, 2.75) is 13.8 Å². The summed E-state index contributed by atoms with van der Waals surface area (Å²) in [7, 11) is 0. The third-order valence-electron chi connectivity index (χ3n) is 2.94. The molecule has 6 heteroatoms. The van der Waals surface area contributed by atoms with Gasteiger partial charge in [-0.15, -0.1) is 0 Å². The van der Waals surface area contributed by atoms with Gasteiger partial charge in [-0.1, -0.05) is 0 Å². The molecule has 0 aliphatic heterocycles. The number of carbonyl (C=O) groups is 1. The molecule has 0 fully saturated rings. The Kier molecular flexibility index (Phi) is 3.08. The first kappa shape index (κ1) is 12.8. The lowest BCUT2D eigenvalue weighted by atomic mass is 10.1. The molecule has 1 aromatic heterocycles. The third-order valence-corrected chi connectivity index (χ3v) is 2.94. The number of benzene rings is 1. The highest BCUT2D eigenvalue weighted by Crippen LogP contribution is 2.24. The normalized spacial score (nSPS) is 10.4. The molecule has 1 heterocycles. The van der Waals surface area contributed by atoms with Gasteiger partial charge in [0.1, 0.15) is 0 Å². The summed E-state index contributed by atoms with van der Waals surface area (Å²) in [4.78, 5) is 21.9. The SMILES string of the molecule is Cc1ccc(C)n1-c1cc([N+](=O)O)ccc1C(=O)O. The van der Waals surface area contributed by atoms with Crippen LogP contribution in [0.2, 0.25) is 0 Å². The predicted molar refractivity (Wildman–Crippen MR) is 67.3 cm³/mol. The molecule has 0 saturated heterocycles. The summed E-state index contributed by atoms with van der Waals surface area (Å²) in [5.41, 5.74) is 2.07. The van der Waals surface area contributed by atoms with Gasteiger partial charge < -0.3 is 9.67 Å². The first-order valence-corrected chi connectivity index (χ1v) is 5.60. The number of nitrogens with zero attached hydrogens (tertiary/aromatic N) is 2. The van der Waals surface area contributed by atoms with Gasteiger partial charge in [-0.2, -0.15) is 0 Å². The third kappa shape index (κ3) is 2.20. The molecular weight excluding hydrogens is 248 g/mol. The Morgan fingerprint density at radius 3 is 2.21 bits per heavy atom. The standard InChI is InChI=1S/C13H12N2O4/c1-8-3-4-9(2)14(8)12-7-10(15(18)19)5-6-11(12)13(16)17/h3-7H,1-2H3,(H-,16,17,18,19)/p+1. The topological polar surface area (TPSA) is 82.5 Å². The molecule has 0 amide bonds. The second kappa shape index (κ2) is 4.56. The minimum atomic E-state index is -1.09. The summed E-state index contributed by atoms with van der Waals surface area (Å²) in [6.45, 7) is 3.67. The Hall–Kier alpha value is -2.63. The molecule has 2 rings (SSSR count). The maximum atomic E-state index is 11.3. The first-order valence-electron chi connectivity index (χ1n) is 5.60. The fourth-order valence-electron chi connectivity index (χ4n) is 2.05. The van der Waals surface area contributed by atoms with E-state index < -0.39 is 5.97 Å². The number of aryl methyl sites for hydroxylation is 2. The number of carboxylic acid groups (broad SMARTS) is 1. The van der Waals surface area contributed by atoms with E-state index in [1.807, 2.05) is 26.0 Å². The van der Waals surface area contributed by atoms with Gasteiger partial charge in [-0.3, -0.25) is 0 Å². The van der Waals surface area contributed by atoms with E-state index in [0.717, 1.165) is 11.4 Å². The van der Waals surface area contributed by atoms with E-state index in [0.29, 0.717) is 5.69 Å². The van der Waals surface area contributed by atoms with Gasteiger partial charge in [0.25, 0.3) is 4.92 Å². The van der Waals surface area contributed by atoms with Crippen molar-refractivity contribution >= 4 is 11.7 Å². The van der Waals surface area contributed by atoms with Crippen LogP contribution in [0, 0.1) is 18.8 Å². The van der Waals surface area contributed by atoms with Crippen LogP contribution in [-0.4, -0.2) is 25.8 Å². The first-order chi connectivity index (χ1) is 8.91. The zero-order chi connectivity index (χ0) is 14.2. The van der Waals surface area contributed by atoms with Crippen LogP contribution in [0.15, 0.2) is 30.3 Å². The van der Waals surface area contributed by atoms with Gasteiger partial charge in [-0.25, -0.2) is 10.0 Å². The van der Waals surface area contributed by atoms with Crippen LogP contribution in [0.5, 0.6) is 0 Å². The molecule has 0 atom stereocenters. The summed E-state index contributed by atoms with van der Waals surface area (Å²) < 4.78 is 1.72. The molecule has 2 aromatic rings. The molecule has 2 N–H and O–H groups in total. The fraction of sp³-hybridized carbons (Fsp3) is 0.154. The number of aromatic nitrogens is 1. The predicted octanol–water partition coefficient (Wildman–Crippen LogP) is 2.59. The zero-order valence-corrected chi connectivity index (χ0v) is 10.5. The van der Waals surface area contributed by atoms with Crippen molar-refractivity contribution in [1.29, 1.82) is 0 Å². The summed E-state index contributed by atoms with van der Waals surface area (Å²) >= 11 is 0. The molecule has 0 radical (unpaired) electrons. The summed E-state index contributed by atoms with van der Waals surface area (Å²) in [5.74, 6) is -1.09. The van der Waals surface area contributed by atoms with Crippen molar-refractivity contribution in [3.8, 4) is 5.69 Å². The Bertz CT molecular complexity index is 654. The maximum Gasteiger partial charge on any atom is 0.337 e. The van der Waals surface area contributed by atoms with Crippen molar-refractivity contribution in [2.75, 3.05) is 0 Å². The average Bonchev–Trinajstić information content (AvgIpc) is 2.68. The molecule has 6 nitrogen and oxygen atoms in total. The molecule has 0 aliphatic carbocycles. The van der Waals surface area contributed by atoms with Crippen molar-refractivity contribution < 1.29 is 20.0 Å². The summed E-state index contributed by atoms with van der Waals surface area (Å²) in [6.07, 6.45) is 0. The molecule has 0 spiro atoms. The van der Waals surface area contributed by atoms with Gasteiger partial charge >= 0.3 is 11.7 Å². The van der Waals surface area contributed by atoms with E-state index in [9.17, 15) is 14.8 Å². The van der Waals surface area contributed by atoms with Crippen LogP contribution in [0.4, 0.5) is 5.69 Å². The quantitative estimate of drug-likeness (QED) is 0.832. The van der Waals surface area contributed by atoms with Crippen LogP contribution in [0.25, 0.3) is 5.69 Å². The van der Waals surface area contributed by atoms with E-state index in [1.165, 1.54) is 18.2 Å². The van der Waals surface area contributed by atoms with E-state index in [1.54, 1.807) is 4.57 Å². The monoisotopic (exact) mass is 261 g/mol. The molecule has 98 valence electrons. The van der Waals surface area contributed by atoms with E-state index >= 15 is 0 Å². The Balaban J connectivity index is 2.75. The molecule has 19 heavy (non-hydrogen) atoms. The van der Waals surface area contributed by atoms with Gasteiger partial charge in [0.05, 0.1) is 16.2 Å². The van der Waals surface area contributed by atoms with Crippen molar-refractivity contribution in [2.24, 2.45) is 0 Å². The Labute approximate surface area is 109 Å². The molecule has 0 unspecified atom stereocenters. The summed E-state index contributed by atoms with van der Waals surface area (Å²) in [5, 5.41) is 18.1. The van der Waals surface area contributed by atoms with Gasteiger partial charge in [0.15, 0.2) is 0 Å². The van der Waals surface area contributed by atoms with Crippen molar-refractivity contribution in [3.05, 3.63) is 52.2 Å². The number of carboxylic acids is 1. The second-order valence-electron chi connectivity index (χ2n) is 4.23. The summed E-state index contributed by atoms with van der Waals surface area (Å²) in [6, 6.07) is 7.60. The van der Waals surface area contributed by atoms with Crippen molar-refractivity contribution in [1.82, 2.24) is 4.57 Å². The highest BCUT2D eigenvalue weighted by atomic mass is 16.6. The zero-order valence-electron chi connectivity index (χ0n) is 10.5. The molecule has 0 aliphatic rings. The van der Waals surface area contributed by atoms with E-state index in [-0.39, 0.29) is 16.2 Å². The minimum absolute atomic E-state index is 0.0208. The van der Waals surface area contributed by atoms with E-state index in [4.69, 9.17) is 5.21 Å². The number of hydrogen-bond acceptors (Lipinski definition) is 2. The van der Waals surface area contributed by atoms with Gasteiger partial charge in [0.2, 0.25) is 0 Å². The Morgan fingerprint density at radius 1 is 1.16 bits per heavy atom. The lowest BCUT2D eigenvalue weighted by Crippen LogP contribution is -2.08. The fourth-order valence-corrected chi connectivity index (χ4v) is 2.05. The van der Waals surface area contributed by atoms with Crippen LogP contribution < -0.4 is 0 Å².